The lowest BCUT2D eigenvalue weighted by atomic mass is 10.1. The van der Waals surface area contributed by atoms with Crippen molar-refractivity contribution in [2.24, 2.45) is 0 Å². The van der Waals surface area contributed by atoms with E-state index in [9.17, 15) is 9.59 Å². The van der Waals surface area contributed by atoms with E-state index < -0.39 is 5.97 Å². The standard InChI is InChI=1S/C16H13ClINO3/c17-14-4-2-1-3-11(14)9-16(21)22-10-15(20)19-13-7-5-12(18)6-8-13/h1-8H,9-10H2,(H,19,20). The molecule has 2 aromatic carbocycles. The maximum atomic E-state index is 11.7. The Bertz CT molecular complexity index is 673. The SMILES string of the molecule is O=C(COC(=O)Cc1ccccc1Cl)Nc1ccc(I)cc1. The summed E-state index contributed by atoms with van der Waals surface area (Å²) in [4.78, 5) is 23.4. The highest BCUT2D eigenvalue weighted by Gasteiger charge is 2.10. The van der Waals surface area contributed by atoms with Gasteiger partial charge in [-0.1, -0.05) is 29.8 Å². The fourth-order valence-electron chi connectivity index (χ4n) is 1.72. The molecule has 0 fully saturated rings. The van der Waals surface area contributed by atoms with Gasteiger partial charge < -0.3 is 10.1 Å². The Morgan fingerprint density at radius 2 is 1.77 bits per heavy atom. The van der Waals surface area contributed by atoms with E-state index in [2.05, 4.69) is 27.9 Å². The van der Waals surface area contributed by atoms with Gasteiger partial charge in [0.2, 0.25) is 0 Å². The van der Waals surface area contributed by atoms with Crippen molar-refractivity contribution in [1.29, 1.82) is 0 Å². The first-order valence-corrected chi connectivity index (χ1v) is 7.95. The molecule has 0 bridgehead atoms. The summed E-state index contributed by atoms with van der Waals surface area (Å²) in [5.74, 6) is -0.875. The molecule has 22 heavy (non-hydrogen) atoms. The quantitative estimate of drug-likeness (QED) is 0.583. The van der Waals surface area contributed by atoms with Crippen LogP contribution in [0.5, 0.6) is 0 Å². The van der Waals surface area contributed by atoms with Crippen LogP contribution in [0.3, 0.4) is 0 Å². The second-order valence-corrected chi connectivity index (χ2v) is 6.14. The minimum atomic E-state index is -0.495. The Morgan fingerprint density at radius 1 is 1.09 bits per heavy atom. The lowest BCUT2D eigenvalue weighted by Gasteiger charge is -2.07. The van der Waals surface area contributed by atoms with Crippen LogP contribution in [0.2, 0.25) is 5.02 Å². The first-order chi connectivity index (χ1) is 10.5. The minimum Gasteiger partial charge on any atom is -0.455 e. The van der Waals surface area contributed by atoms with Gasteiger partial charge in [-0.15, -0.1) is 0 Å². The lowest BCUT2D eigenvalue weighted by molar-refractivity contribution is -0.146. The van der Waals surface area contributed by atoms with Crippen LogP contribution < -0.4 is 5.32 Å². The van der Waals surface area contributed by atoms with Crippen LogP contribution in [0.15, 0.2) is 48.5 Å². The normalized spacial score (nSPS) is 10.1. The molecular weight excluding hydrogens is 417 g/mol. The van der Waals surface area contributed by atoms with Crippen molar-refractivity contribution < 1.29 is 14.3 Å². The van der Waals surface area contributed by atoms with Crippen molar-refractivity contribution in [3.05, 3.63) is 62.7 Å². The van der Waals surface area contributed by atoms with Gasteiger partial charge in [-0.3, -0.25) is 9.59 Å². The van der Waals surface area contributed by atoms with Gasteiger partial charge in [0, 0.05) is 14.3 Å². The van der Waals surface area contributed by atoms with Crippen molar-refractivity contribution >= 4 is 51.8 Å². The summed E-state index contributed by atoms with van der Waals surface area (Å²) in [7, 11) is 0. The average Bonchev–Trinajstić information content (AvgIpc) is 2.50. The van der Waals surface area contributed by atoms with Crippen molar-refractivity contribution in [3.63, 3.8) is 0 Å². The topological polar surface area (TPSA) is 55.4 Å². The van der Waals surface area contributed by atoms with E-state index in [1.54, 1.807) is 36.4 Å². The highest BCUT2D eigenvalue weighted by Crippen LogP contribution is 2.15. The molecule has 4 nitrogen and oxygen atoms in total. The molecule has 0 aliphatic heterocycles. The molecule has 6 heteroatoms. The van der Waals surface area contributed by atoms with Gasteiger partial charge >= 0.3 is 5.97 Å². The number of carbonyl (C=O) groups is 2. The number of amides is 1. The average molecular weight is 430 g/mol. The van der Waals surface area contributed by atoms with Crippen LogP contribution in [0, 0.1) is 3.57 Å². The Morgan fingerprint density at radius 3 is 2.45 bits per heavy atom. The maximum Gasteiger partial charge on any atom is 0.310 e. The molecule has 0 atom stereocenters. The Kier molecular flexibility index (Phi) is 6.21. The fraction of sp³-hybridized carbons (Fsp3) is 0.125. The van der Waals surface area contributed by atoms with Crippen molar-refractivity contribution in [3.8, 4) is 0 Å². The number of hydrogen-bond acceptors (Lipinski definition) is 3. The van der Waals surface area contributed by atoms with E-state index in [0.717, 1.165) is 3.57 Å². The highest BCUT2D eigenvalue weighted by atomic mass is 127. The summed E-state index contributed by atoms with van der Waals surface area (Å²) in [5.41, 5.74) is 1.33. The number of carbonyl (C=O) groups excluding carboxylic acids is 2. The molecule has 0 unspecified atom stereocenters. The number of nitrogens with one attached hydrogen (secondary N) is 1. The molecule has 0 radical (unpaired) electrons. The first kappa shape index (κ1) is 16.8. The highest BCUT2D eigenvalue weighted by molar-refractivity contribution is 14.1. The summed E-state index contributed by atoms with van der Waals surface area (Å²) >= 11 is 8.14. The summed E-state index contributed by atoms with van der Waals surface area (Å²) in [6, 6.07) is 14.3. The number of rotatable bonds is 5. The molecule has 0 aliphatic rings. The molecule has 0 aliphatic carbocycles. The minimum absolute atomic E-state index is 0.0382. The van der Waals surface area contributed by atoms with Crippen LogP contribution >= 0.6 is 34.2 Å². The molecule has 114 valence electrons. The summed E-state index contributed by atoms with van der Waals surface area (Å²) in [6.07, 6.45) is 0.0382. The second-order valence-electron chi connectivity index (χ2n) is 4.48. The molecule has 0 spiro atoms. The monoisotopic (exact) mass is 429 g/mol. The third-order valence-electron chi connectivity index (χ3n) is 2.78. The molecule has 2 rings (SSSR count). The number of hydrogen-bond donors (Lipinski definition) is 1. The van der Waals surface area contributed by atoms with Crippen LogP contribution in [-0.2, 0) is 20.7 Å². The molecular formula is C16H13ClINO3. The molecule has 2 aromatic rings. The van der Waals surface area contributed by atoms with E-state index in [4.69, 9.17) is 16.3 Å². The zero-order valence-electron chi connectivity index (χ0n) is 11.5. The van der Waals surface area contributed by atoms with Gasteiger partial charge in [-0.2, -0.15) is 0 Å². The van der Waals surface area contributed by atoms with E-state index in [1.165, 1.54) is 0 Å². The molecule has 0 heterocycles. The molecule has 1 N–H and O–H groups in total. The number of esters is 1. The molecule has 0 saturated carbocycles. The van der Waals surface area contributed by atoms with Crippen molar-refractivity contribution in [2.45, 2.75) is 6.42 Å². The van der Waals surface area contributed by atoms with Gasteiger partial charge in [-0.05, 0) is 58.5 Å². The zero-order valence-corrected chi connectivity index (χ0v) is 14.4. The van der Waals surface area contributed by atoms with Gasteiger partial charge in [-0.25, -0.2) is 0 Å². The largest absolute Gasteiger partial charge is 0.455 e. The van der Waals surface area contributed by atoms with E-state index in [-0.39, 0.29) is 18.9 Å². The maximum absolute atomic E-state index is 11.7. The number of ether oxygens (including phenoxy) is 1. The van der Waals surface area contributed by atoms with Gasteiger partial charge in [0.25, 0.3) is 5.91 Å². The van der Waals surface area contributed by atoms with Gasteiger partial charge in [0.1, 0.15) is 0 Å². The number of halogens is 2. The Balaban J connectivity index is 1.79. The smallest absolute Gasteiger partial charge is 0.310 e. The zero-order chi connectivity index (χ0) is 15.9. The predicted octanol–water partition coefficient (Wildman–Crippen LogP) is 3.67. The van der Waals surface area contributed by atoms with Crippen LogP contribution in [-0.4, -0.2) is 18.5 Å². The van der Waals surface area contributed by atoms with Crippen molar-refractivity contribution in [2.75, 3.05) is 11.9 Å². The van der Waals surface area contributed by atoms with Crippen molar-refractivity contribution in [1.82, 2.24) is 0 Å². The van der Waals surface area contributed by atoms with Gasteiger partial charge in [0.05, 0.1) is 6.42 Å². The summed E-state index contributed by atoms with van der Waals surface area (Å²) < 4.78 is 6.02. The van der Waals surface area contributed by atoms with E-state index in [1.807, 2.05) is 12.1 Å². The lowest BCUT2D eigenvalue weighted by Crippen LogP contribution is -2.21. The van der Waals surface area contributed by atoms with E-state index >= 15 is 0 Å². The third-order valence-corrected chi connectivity index (χ3v) is 3.87. The van der Waals surface area contributed by atoms with Crippen LogP contribution in [0.1, 0.15) is 5.56 Å². The fourth-order valence-corrected chi connectivity index (χ4v) is 2.29. The number of anilines is 1. The molecule has 1 amide bonds. The predicted molar refractivity (Wildman–Crippen MR) is 93.9 cm³/mol. The summed E-state index contributed by atoms with van der Waals surface area (Å²) in [6.45, 7) is -0.324. The molecule has 0 aromatic heterocycles. The summed E-state index contributed by atoms with van der Waals surface area (Å²) in [5, 5.41) is 3.16. The van der Waals surface area contributed by atoms with Crippen LogP contribution in [0.4, 0.5) is 5.69 Å². The number of benzene rings is 2. The van der Waals surface area contributed by atoms with Gasteiger partial charge in [0.15, 0.2) is 6.61 Å². The Hall–Kier alpha value is -1.60. The Labute approximate surface area is 146 Å². The first-order valence-electron chi connectivity index (χ1n) is 6.49. The molecule has 0 saturated heterocycles. The van der Waals surface area contributed by atoms with E-state index in [0.29, 0.717) is 16.3 Å². The third kappa shape index (κ3) is 5.31. The van der Waals surface area contributed by atoms with Crippen LogP contribution in [0.25, 0.3) is 0 Å². The second kappa shape index (κ2) is 8.14.